The van der Waals surface area contributed by atoms with Gasteiger partial charge in [0.1, 0.15) is 16.3 Å². The number of aromatic nitrogens is 1. The molecule has 1 fully saturated rings. The Labute approximate surface area is 152 Å². The third-order valence-corrected chi connectivity index (χ3v) is 6.74. The zero-order valence-corrected chi connectivity index (χ0v) is 15.3. The third-order valence-electron chi connectivity index (χ3n) is 3.99. The van der Waals surface area contributed by atoms with E-state index in [4.69, 9.17) is 0 Å². The highest BCUT2D eigenvalue weighted by atomic mass is 32.2. The summed E-state index contributed by atoms with van der Waals surface area (Å²) in [5.41, 5.74) is -1.02. The summed E-state index contributed by atoms with van der Waals surface area (Å²) in [6, 6.07) is 1.56. The normalized spacial score (nSPS) is 15.9. The van der Waals surface area contributed by atoms with Crippen molar-refractivity contribution in [2.75, 3.05) is 38.2 Å². The molecule has 140 valence electrons. The number of benzene rings is 1. The molecule has 0 unspecified atom stereocenters. The Morgan fingerprint density at radius 2 is 1.92 bits per heavy atom. The summed E-state index contributed by atoms with van der Waals surface area (Å²) in [5, 5.41) is 2.60. The number of nitrogens with zero attached hydrogens (tertiary/aromatic N) is 3. The number of carbonyl (C=O) groups is 1. The summed E-state index contributed by atoms with van der Waals surface area (Å²) >= 11 is 1.44. The average molecular weight is 403 g/mol. The van der Waals surface area contributed by atoms with E-state index < -0.39 is 38.1 Å². The maximum Gasteiger partial charge on any atom is 0.343 e. The Morgan fingerprint density at radius 3 is 2.50 bits per heavy atom. The lowest BCUT2D eigenvalue weighted by atomic mass is 10.2. The summed E-state index contributed by atoms with van der Waals surface area (Å²) in [5.74, 6) is -3.90. The standard InChI is InChI=1S/C15H15F2N3O4S2/c1-24-14(21)12-10(16)2-3-11(13(12)17)26(22,23)20-7-5-19(6-8-20)15-18-4-9-25-15/h2-4,9H,5-8H2,1H3. The van der Waals surface area contributed by atoms with Crippen LogP contribution in [0.5, 0.6) is 0 Å². The summed E-state index contributed by atoms with van der Waals surface area (Å²) in [6.45, 7) is 1.01. The average Bonchev–Trinajstić information content (AvgIpc) is 3.16. The van der Waals surface area contributed by atoms with E-state index in [0.29, 0.717) is 13.1 Å². The van der Waals surface area contributed by atoms with E-state index in [9.17, 15) is 22.0 Å². The molecule has 0 N–H and O–H groups in total. The van der Waals surface area contributed by atoms with Gasteiger partial charge in [0.25, 0.3) is 0 Å². The molecule has 1 aliphatic heterocycles. The first-order chi connectivity index (χ1) is 12.4. The Bertz CT molecular complexity index is 911. The van der Waals surface area contributed by atoms with E-state index in [1.807, 2.05) is 10.3 Å². The number of rotatable bonds is 4. The van der Waals surface area contributed by atoms with Crippen LogP contribution in [0, 0.1) is 11.6 Å². The zero-order chi connectivity index (χ0) is 18.9. The lowest BCUT2D eigenvalue weighted by Gasteiger charge is -2.33. The van der Waals surface area contributed by atoms with Crippen LogP contribution in [0.4, 0.5) is 13.9 Å². The van der Waals surface area contributed by atoms with Crippen molar-refractivity contribution in [3.8, 4) is 0 Å². The van der Waals surface area contributed by atoms with Crippen LogP contribution in [0.15, 0.2) is 28.6 Å². The molecule has 3 rings (SSSR count). The second-order valence-corrected chi connectivity index (χ2v) is 8.21. The minimum atomic E-state index is -4.23. The van der Waals surface area contributed by atoms with Gasteiger partial charge in [0.05, 0.1) is 7.11 Å². The van der Waals surface area contributed by atoms with Gasteiger partial charge in [-0.05, 0) is 12.1 Å². The molecule has 11 heteroatoms. The second kappa shape index (κ2) is 7.25. The van der Waals surface area contributed by atoms with Crippen molar-refractivity contribution >= 4 is 32.5 Å². The van der Waals surface area contributed by atoms with Gasteiger partial charge in [-0.25, -0.2) is 27.0 Å². The molecule has 0 spiro atoms. The highest BCUT2D eigenvalue weighted by molar-refractivity contribution is 7.89. The molecule has 2 aromatic rings. The largest absolute Gasteiger partial charge is 0.465 e. The molecule has 0 atom stereocenters. The third kappa shape index (κ3) is 3.29. The van der Waals surface area contributed by atoms with Gasteiger partial charge >= 0.3 is 5.97 Å². The number of sulfonamides is 1. The minimum Gasteiger partial charge on any atom is -0.465 e. The van der Waals surface area contributed by atoms with Crippen molar-refractivity contribution in [2.24, 2.45) is 0 Å². The number of piperazine rings is 1. The van der Waals surface area contributed by atoms with Crippen LogP contribution in [0.3, 0.4) is 0 Å². The molecule has 0 aliphatic carbocycles. The molecular weight excluding hydrogens is 388 g/mol. The predicted octanol–water partition coefficient (Wildman–Crippen LogP) is 1.72. The Kier molecular flexibility index (Phi) is 5.21. The van der Waals surface area contributed by atoms with Gasteiger partial charge in [0, 0.05) is 37.8 Å². The monoisotopic (exact) mass is 403 g/mol. The van der Waals surface area contributed by atoms with Crippen molar-refractivity contribution < 1.29 is 26.7 Å². The highest BCUT2D eigenvalue weighted by Crippen LogP contribution is 2.26. The van der Waals surface area contributed by atoms with Gasteiger partial charge in [-0.15, -0.1) is 11.3 Å². The lowest BCUT2D eigenvalue weighted by Crippen LogP contribution is -2.48. The molecule has 1 aliphatic rings. The predicted molar refractivity (Wildman–Crippen MR) is 90.8 cm³/mol. The number of hydrogen-bond donors (Lipinski definition) is 0. The fraction of sp³-hybridized carbons (Fsp3) is 0.333. The first kappa shape index (κ1) is 18.7. The molecule has 1 saturated heterocycles. The van der Waals surface area contributed by atoms with Crippen LogP contribution in [-0.2, 0) is 14.8 Å². The van der Waals surface area contributed by atoms with Crippen molar-refractivity contribution in [1.29, 1.82) is 0 Å². The van der Waals surface area contributed by atoms with Gasteiger partial charge in [0.15, 0.2) is 10.9 Å². The number of ether oxygens (including phenoxy) is 1. The van der Waals surface area contributed by atoms with Crippen LogP contribution in [-0.4, -0.2) is 57.0 Å². The van der Waals surface area contributed by atoms with Crippen LogP contribution in [0.25, 0.3) is 0 Å². The van der Waals surface area contributed by atoms with E-state index in [-0.39, 0.29) is 13.1 Å². The quantitative estimate of drug-likeness (QED) is 0.724. The van der Waals surface area contributed by atoms with Crippen LogP contribution in [0.2, 0.25) is 0 Å². The van der Waals surface area contributed by atoms with Gasteiger partial charge < -0.3 is 9.64 Å². The van der Waals surface area contributed by atoms with Crippen LogP contribution >= 0.6 is 11.3 Å². The number of esters is 1. The summed E-state index contributed by atoms with van der Waals surface area (Å²) < 4.78 is 59.2. The van der Waals surface area contributed by atoms with Gasteiger partial charge in [0.2, 0.25) is 10.0 Å². The molecule has 0 amide bonds. The molecule has 7 nitrogen and oxygen atoms in total. The van der Waals surface area contributed by atoms with Gasteiger partial charge in [-0.3, -0.25) is 0 Å². The maximum atomic E-state index is 14.6. The fourth-order valence-electron chi connectivity index (χ4n) is 2.65. The first-order valence-corrected chi connectivity index (χ1v) is 9.89. The molecule has 0 bridgehead atoms. The van der Waals surface area contributed by atoms with E-state index in [2.05, 4.69) is 9.72 Å². The smallest absolute Gasteiger partial charge is 0.343 e. The Balaban J connectivity index is 1.86. The van der Waals surface area contributed by atoms with Crippen molar-refractivity contribution in [3.63, 3.8) is 0 Å². The van der Waals surface area contributed by atoms with Crippen molar-refractivity contribution in [3.05, 3.63) is 40.9 Å². The van der Waals surface area contributed by atoms with E-state index in [1.165, 1.54) is 11.3 Å². The molecule has 1 aromatic carbocycles. The number of hydrogen-bond acceptors (Lipinski definition) is 7. The first-order valence-electron chi connectivity index (χ1n) is 7.57. The number of halogens is 2. The van der Waals surface area contributed by atoms with E-state index >= 15 is 0 Å². The highest BCUT2D eigenvalue weighted by Gasteiger charge is 2.34. The summed E-state index contributed by atoms with van der Waals surface area (Å²) in [7, 11) is -3.27. The SMILES string of the molecule is COC(=O)c1c(F)ccc(S(=O)(=O)N2CCN(c3nccs3)CC2)c1F. The van der Waals surface area contributed by atoms with Crippen molar-refractivity contribution in [1.82, 2.24) is 9.29 Å². The van der Waals surface area contributed by atoms with Gasteiger partial charge in [-0.2, -0.15) is 4.31 Å². The van der Waals surface area contributed by atoms with Crippen molar-refractivity contribution in [2.45, 2.75) is 4.90 Å². The van der Waals surface area contributed by atoms with Crippen LogP contribution in [0.1, 0.15) is 10.4 Å². The maximum absolute atomic E-state index is 14.6. The molecular formula is C15H15F2N3O4S2. The van der Waals surface area contributed by atoms with E-state index in [1.54, 1.807) is 6.20 Å². The summed E-state index contributed by atoms with van der Waals surface area (Å²) in [6.07, 6.45) is 1.66. The second-order valence-electron chi connectivity index (χ2n) is 5.43. The zero-order valence-electron chi connectivity index (χ0n) is 13.7. The Morgan fingerprint density at radius 1 is 1.23 bits per heavy atom. The lowest BCUT2D eigenvalue weighted by molar-refractivity contribution is 0.0589. The molecule has 2 heterocycles. The molecule has 26 heavy (non-hydrogen) atoms. The number of anilines is 1. The molecule has 1 aromatic heterocycles. The summed E-state index contributed by atoms with van der Waals surface area (Å²) in [4.78, 5) is 16.9. The number of methoxy groups -OCH3 is 1. The van der Waals surface area contributed by atoms with Crippen LogP contribution < -0.4 is 4.90 Å². The molecule has 0 saturated carbocycles. The number of thiazole rings is 1. The molecule has 0 radical (unpaired) electrons. The fourth-order valence-corrected chi connectivity index (χ4v) is 4.84. The number of carbonyl (C=O) groups excluding carboxylic acids is 1. The van der Waals surface area contributed by atoms with Gasteiger partial charge in [-0.1, -0.05) is 0 Å². The minimum absolute atomic E-state index is 0.117. The van der Waals surface area contributed by atoms with E-state index in [0.717, 1.165) is 28.7 Å². The Hall–Kier alpha value is -2.11. The topological polar surface area (TPSA) is 79.8 Å².